The number of nitrogens with zero attached hydrogens (tertiary/aromatic N) is 2. The van der Waals surface area contributed by atoms with Crippen molar-refractivity contribution < 1.29 is 4.74 Å². The molecule has 4 heteroatoms. The summed E-state index contributed by atoms with van der Waals surface area (Å²) in [5.74, 6) is 1.76. The maximum Gasteiger partial charge on any atom is 0.137 e. The minimum Gasteiger partial charge on any atom is -0.490 e. The Hall–Kier alpha value is -2.78. The summed E-state index contributed by atoms with van der Waals surface area (Å²) in [7, 11) is 0. The number of hydrogen-bond donors (Lipinski definition) is 0. The lowest BCUT2D eigenvalue weighted by molar-refractivity contribution is 0.298. The predicted octanol–water partition coefficient (Wildman–Crippen LogP) is 5.67. The number of ether oxygens (including phenoxy) is 1. The van der Waals surface area contributed by atoms with Crippen molar-refractivity contribution >= 4 is 22.6 Å². The van der Waals surface area contributed by atoms with Crippen molar-refractivity contribution in [2.75, 3.05) is 6.61 Å². The van der Waals surface area contributed by atoms with Crippen LogP contribution in [0.4, 0.5) is 0 Å². The molecule has 0 aliphatic carbocycles. The number of fused-ring (bicyclic) bond motifs is 1. The van der Waals surface area contributed by atoms with Gasteiger partial charge < -0.3 is 9.30 Å². The predicted molar refractivity (Wildman–Crippen MR) is 111 cm³/mol. The summed E-state index contributed by atoms with van der Waals surface area (Å²) in [6.45, 7) is 3.39. The molecule has 1 aromatic heterocycles. The normalized spacial score (nSPS) is 11.0. The average Bonchev–Trinajstić information content (AvgIpc) is 3.02. The first-order valence-electron chi connectivity index (χ1n) is 9.08. The molecule has 1 heterocycles. The van der Waals surface area contributed by atoms with Gasteiger partial charge in [-0.05, 0) is 42.3 Å². The van der Waals surface area contributed by atoms with Crippen LogP contribution >= 0.6 is 11.6 Å². The van der Waals surface area contributed by atoms with Crippen molar-refractivity contribution in [3.05, 3.63) is 94.8 Å². The Morgan fingerprint density at radius 3 is 2.52 bits per heavy atom. The smallest absolute Gasteiger partial charge is 0.137 e. The van der Waals surface area contributed by atoms with Crippen LogP contribution in [0.3, 0.4) is 0 Å². The Bertz CT molecular complexity index is 1070. The quantitative estimate of drug-likeness (QED) is 0.433. The molecular weight excluding hydrogens is 356 g/mol. The van der Waals surface area contributed by atoms with E-state index in [-0.39, 0.29) is 0 Å². The van der Waals surface area contributed by atoms with Gasteiger partial charge >= 0.3 is 0 Å². The molecule has 4 rings (SSSR count). The zero-order valence-electron chi connectivity index (χ0n) is 15.2. The number of aromatic nitrogens is 2. The van der Waals surface area contributed by atoms with Gasteiger partial charge in [-0.2, -0.15) is 0 Å². The Labute approximate surface area is 164 Å². The summed E-state index contributed by atoms with van der Waals surface area (Å²) in [5.41, 5.74) is 4.71. The molecule has 0 fully saturated rings. The molecule has 0 unspecified atom stereocenters. The van der Waals surface area contributed by atoms with Gasteiger partial charge in [0.15, 0.2) is 0 Å². The van der Waals surface area contributed by atoms with Crippen LogP contribution in [0.15, 0.2) is 72.8 Å². The molecule has 0 amide bonds. The number of imidazole rings is 1. The second-order valence-electron chi connectivity index (χ2n) is 6.55. The molecule has 3 aromatic carbocycles. The highest BCUT2D eigenvalue weighted by Crippen LogP contribution is 2.24. The van der Waals surface area contributed by atoms with E-state index in [4.69, 9.17) is 21.3 Å². The molecule has 0 aliphatic rings. The third-order valence-electron chi connectivity index (χ3n) is 4.75. The lowest BCUT2D eigenvalue weighted by Crippen LogP contribution is -2.12. The SMILES string of the molecule is Cc1ccccc1Cc1nc2ccccc2n1CCOc1ccccc1Cl. The van der Waals surface area contributed by atoms with E-state index in [0.717, 1.165) is 23.3 Å². The Kier molecular flexibility index (Phi) is 5.12. The van der Waals surface area contributed by atoms with E-state index in [1.165, 1.54) is 11.1 Å². The van der Waals surface area contributed by atoms with Gasteiger partial charge in [-0.1, -0.05) is 60.1 Å². The van der Waals surface area contributed by atoms with Gasteiger partial charge in [0, 0.05) is 6.42 Å². The van der Waals surface area contributed by atoms with E-state index >= 15 is 0 Å². The molecule has 27 heavy (non-hydrogen) atoms. The summed E-state index contributed by atoms with van der Waals surface area (Å²) < 4.78 is 8.16. The second kappa shape index (κ2) is 7.85. The summed E-state index contributed by atoms with van der Waals surface area (Å²) >= 11 is 6.19. The fourth-order valence-electron chi connectivity index (χ4n) is 3.30. The Balaban J connectivity index is 1.60. The highest BCUT2D eigenvalue weighted by atomic mass is 35.5. The molecule has 0 atom stereocenters. The highest BCUT2D eigenvalue weighted by Gasteiger charge is 2.12. The van der Waals surface area contributed by atoms with Crippen molar-refractivity contribution in [1.29, 1.82) is 0 Å². The standard InChI is InChI=1S/C23H21ClN2O/c1-17-8-2-3-9-18(17)16-23-25-20-11-5-6-12-21(20)26(23)14-15-27-22-13-7-4-10-19(22)24/h2-13H,14-16H2,1H3. The van der Waals surface area contributed by atoms with Crippen molar-refractivity contribution in [2.24, 2.45) is 0 Å². The second-order valence-corrected chi connectivity index (χ2v) is 6.96. The van der Waals surface area contributed by atoms with Crippen molar-refractivity contribution in [1.82, 2.24) is 9.55 Å². The van der Waals surface area contributed by atoms with Gasteiger partial charge in [0.25, 0.3) is 0 Å². The van der Waals surface area contributed by atoms with Gasteiger partial charge in [0.05, 0.1) is 22.6 Å². The van der Waals surface area contributed by atoms with E-state index in [9.17, 15) is 0 Å². The van der Waals surface area contributed by atoms with Gasteiger partial charge in [-0.25, -0.2) is 4.98 Å². The van der Waals surface area contributed by atoms with E-state index < -0.39 is 0 Å². The minimum absolute atomic E-state index is 0.533. The van der Waals surface area contributed by atoms with Crippen LogP contribution in [0.1, 0.15) is 17.0 Å². The summed E-state index contributed by atoms with van der Waals surface area (Å²) in [5, 5.41) is 0.633. The molecule has 0 saturated carbocycles. The van der Waals surface area contributed by atoms with Crippen LogP contribution < -0.4 is 4.74 Å². The number of para-hydroxylation sites is 3. The number of aryl methyl sites for hydroxylation is 1. The zero-order valence-corrected chi connectivity index (χ0v) is 16.0. The first-order chi connectivity index (χ1) is 13.2. The molecule has 0 radical (unpaired) electrons. The topological polar surface area (TPSA) is 27.1 Å². The van der Waals surface area contributed by atoms with E-state index in [0.29, 0.717) is 23.9 Å². The average molecular weight is 377 g/mol. The number of halogens is 1. The molecule has 0 N–H and O–H groups in total. The van der Waals surface area contributed by atoms with Crippen LogP contribution in [0.25, 0.3) is 11.0 Å². The fourth-order valence-corrected chi connectivity index (χ4v) is 3.49. The summed E-state index contributed by atoms with van der Waals surface area (Å²) in [4.78, 5) is 4.87. The van der Waals surface area contributed by atoms with Gasteiger partial charge in [-0.3, -0.25) is 0 Å². The lowest BCUT2D eigenvalue weighted by atomic mass is 10.1. The number of rotatable bonds is 6. The molecular formula is C23H21ClN2O. The Morgan fingerprint density at radius 2 is 1.67 bits per heavy atom. The van der Waals surface area contributed by atoms with Crippen LogP contribution in [-0.4, -0.2) is 16.2 Å². The first kappa shape index (κ1) is 17.6. The van der Waals surface area contributed by atoms with E-state index in [2.05, 4.69) is 47.9 Å². The van der Waals surface area contributed by atoms with Gasteiger partial charge in [-0.15, -0.1) is 0 Å². The molecule has 0 bridgehead atoms. The lowest BCUT2D eigenvalue weighted by Gasteiger charge is -2.12. The van der Waals surface area contributed by atoms with Crippen molar-refractivity contribution in [2.45, 2.75) is 19.9 Å². The van der Waals surface area contributed by atoms with Crippen molar-refractivity contribution in [3.8, 4) is 5.75 Å². The maximum absolute atomic E-state index is 6.19. The fraction of sp³-hybridized carbons (Fsp3) is 0.174. The van der Waals surface area contributed by atoms with Crippen LogP contribution in [0.2, 0.25) is 5.02 Å². The minimum atomic E-state index is 0.533. The highest BCUT2D eigenvalue weighted by molar-refractivity contribution is 6.32. The monoisotopic (exact) mass is 376 g/mol. The molecule has 3 nitrogen and oxygen atoms in total. The van der Waals surface area contributed by atoms with Crippen LogP contribution in [0, 0.1) is 6.92 Å². The molecule has 0 saturated heterocycles. The molecule has 136 valence electrons. The summed E-state index contributed by atoms with van der Waals surface area (Å²) in [6.07, 6.45) is 0.799. The van der Waals surface area contributed by atoms with E-state index in [1.54, 1.807) is 0 Å². The first-order valence-corrected chi connectivity index (χ1v) is 9.46. The molecule has 0 spiro atoms. The van der Waals surface area contributed by atoms with Gasteiger partial charge in [0.1, 0.15) is 18.2 Å². The Morgan fingerprint density at radius 1 is 0.926 bits per heavy atom. The van der Waals surface area contributed by atoms with Gasteiger partial charge in [0.2, 0.25) is 0 Å². The maximum atomic E-state index is 6.19. The molecule has 0 aliphatic heterocycles. The van der Waals surface area contributed by atoms with Crippen LogP contribution in [0.5, 0.6) is 5.75 Å². The van der Waals surface area contributed by atoms with E-state index in [1.807, 2.05) is 36.4 Å². The third-order valence-corrected chi connectivity index (χ3v) is 5.06. The third kappa shape index (κ3) is 3.83. The largest absolute Gasteiger partial charge is 0.490 e. The number of hydrogen-bond acceptors (Lipinski definition) is 2. The van der Waals surface area contributed by atoms with Crippen LogP contribution in [-0.2, 0) is 13.0 Å². The summed E-state index contributed by atoms with van der Waals surface area (Å²) in [6, 6.07) is 24.3. The zero-order chi connectivity index (χ0) is 18.6. The van der Waals surface area contributed by atoms with Crippen molar-refractivity contribution in [3.63, 3.8) is 0 Å². The number of benzene rings is 3. The molecule has 4 aromatic rings.